The van der Waals surface area contributed by atoms with Gasteiger partial charge in [0.25, 0.3) is 0 Å². The van der Waals surface area contributed by atoms with E-state index in [-0.39, 0.29) is 30.1 Å². The fourth-order valence-corrected chi connectivity index (χ4v) is 3.57. The van der Waals surface area contributed by atoms with Gasteiger partial charge in [-0.3, -0.25) is 9.89 Å². The summed E-state index contributed by atoms with van der Waals surface area (Å²) in [6.45, 7) is 8.75. The predicted molar refractivity (Wildman–Crippen MR) is 128 cm³/mol. The van der Waals surface area contributed by atoms with E-state index in [0.717, 1.165) is 64.9 Å². The van der Waals surface area contributed by atoms with E-state index in [1.165, 1.54) is 5.56 Å². The van der Waals surface area contributed by atoms with Crippen molar-refractivity contribution in [3.05, 3.63) is 42.0 Å². The first kappa shape index (κ1) is 23.1. The summed E-state index contributed by atoms with van der Waals surface area (Å²) in [6.07, 6.45) is 4.70. The Bertz CT molecular complexity index is 616. The molecule has 0 spiro atoms. The Morgan fingerprint density at radius 3 is 2.61 bits per heavy atom. The number of nitrogens with one attached hydrogen (secondary N) is 1. The third-order valence-electron chi connectivity index (χ3n) is 5.19. The van der Waals surface area contributed by atoms with Gasteiger partial charge in [-0.2, -0.15) is 0 Å². The molecule has 6 nitrogen and oxygen atoms in total. The number of hydrogen-bond acceptors (Lipinski definition) is 4. The quantitative estimate of drug-likeness (QED) is 0.381. The third kappa shape index (κ3) is 7.35. The van der Waals surface area contributed by atoms with Crippen molar-refractivity contribution in [3.8, 4) is 0 Å². The summed E-state index contributed by atoms with van der Waals surface area (Å²) in [7, 11) is 4.01. The van der Waals surface area contributed by atoms with Crippen LogP contribution in [0.15, 0.2) is 41.4 Å². The lowest BCUT2D eigenvalue weighted by Gasteiger charge is -2.37. The smallest absolute Gasteiger partial charge is 0.193 e. The van der Waals surface area contributed by atoms with Crippen LogP contribution in [-0.4, -0.2) is 99.8 Å². The van der Waals surface area contributed by atoms with E-state index in [9.17, 15) is 0 Å². The minimum atomic E-state index is 0. The zero-order chi connectivity index (χ0) is 18.9. The van der Waals surface area contributed by atoms with Crippen molar-refractivity contribution < 1.29 is 4.74 Å². The predicted octanol–water partition coefficient (Wildman–Crippen LogP) is 1.84. The highest BCUT2D eigenvalue weighted by atomic mass is 127. The molecule has 2 fully saturated rings. The van der Waals surface area contributed by atoms with Crippen LogP contribution in [0.5, 0.6) is 0 Å². The van der Waals surface area contributed by atoms with Crippen LogP contribution >= 0.6 is 24.0 Å². The van der Waals surface area contributed by atoms with Crippen molar-refractivity contribution in [1.29, 1.82) is 0 Å². The molecule has 3 rings (SSSR count). The molecule has 1 atom stereocenters. The summed E-state index contributed by atoms with van der Waals surface area (Å²) >= 11 is 0. The minimum Gasteiger partial charge on any atom is -0.374 e. The van der Waals surface area contributed by atoms with Crippen molar-refractivity contribution in [1.82, 2.24) is 20.0 Å². The van der Waals surface area contributed by atoms with Crippen LogP contribution < -0.4 is 5.32 Å². The Labute approximate surface area is 186 Å². The first-order valence-electron chi connectivity index (χ1n) is 9.94. The molecule has 0 amide bonds. The van der Waals surface area contributed by atoms with Gasteiger partial charge in [0.15, 0.2) is 5.96 Å². The summed E-state index contributed by atoms with van der Waals surface area (Å²) in [6, 6.07) is 10.5. The van der Waals surface area contributed by atoms with Crippen LogP contribution in [0, 0.1) is 0 Å². The summed E-state index contributed by atoms with van der Waals surface area (Å²) in [4.78, 5) is 11.6. The fourth-order valence-electron chi connectivity index (χ4n) is 3.57. The van der Waals surface area contributed by atoms with E-state index >= 15 is 0 Å². The number of aliphatic imine (C=N–C) groups is 1. The summed E-state index contributed by atoms with van der Waals surface area (Å²) < 4.78 is 5.83. The molecule has 2 aliphatic rings. The van der Waals surface area contributed by atoms with Crippen LogP contribution in [0.2, 0.25) is 0 Å². The van der Waals surface area contributed by atoms with Crippen molar-refractivity contribution in [2.24, 2.45) is 4.99 Å². The number of hydrogen-bond donors (Lipinski definition) is 1. The van der Waals surface area contributed by atoms with Gasteiger partial charge in [-0.25, -0.2) is 0 Å². The standard InChI is InChI=1S/C21H33N5O.HI/c1-22-21(23-17-20-18-24(2)15-16-27-20)26-13-11-25(12-14-26)10-6-9-19-7-4-3-5-8-19;/h3-9,20H,10-18H2,1-2H3,(H,22,23);1H/b9-6+;. The number of rotatable bonds is 5. The average Bonchev–Trinajstić information content (AvgIpc) is 2.70. The lowest BCUT2D eigenvalue weighted by Crippen LogP contribution is -2.54. The van der Waals surface area contributed by atoms with Crippen LogP contribution in [0.3, 0.4) is 0 Å². The molecule has 0 bridgehead atoms. The van der Waals surface area contributed by atoms with Crippen LogP contribution in [0.1, 0.15) is 5.56 Å². The molecule has 0 aromatic heterocycles. The maximum Gasteiger partial charge on any atom is 0.193 e. The number of morpholine rings is 1. The maximum absolute atomic E-state index is 5.83. The number of ether oxygens (including phenoxy) is 1. The second-order valence-electron chi connectivity index (χ2n) is 7.28. The number of guanidine groups is 1. The van der Waals surface area contributed by atoms with Crippen molar-refractivity contribution >= 4 is 36.0 Å². The molecule has 0 radical (unpaired) electrons. The Morgan fingerprint density at radius 1 is 1.18 bits per heavy atom. The molecule has 1 aromatic rings. The number of halogens is 1. The van der Waals surface area contributed by atoms with Crippen molar-refractivity contribution in [2.45, 2.75) is 6.10 Å². The number of piperazine rings is 1. The highest BCUT2D eigenvalue weighted by Crippen LogP contribution is 2.06. The maximum atomic E-state index is 5.83. The molecule has 1 unspecified atom stereocenters. The van der Waals surface area contributed by atoms with Gasteiger partial charge in [0, 0.05) is 59.4 Å². The fraction of sp³-hybridized carbons (Fsp3) is 0.571. The Kier molecular flexibility index (Phi) is 10.3. The van der Waals surface area contributed by atoms with Crippen molar-refractivity contribution in [3.63, 3.8) is 0 Å². The molecule has 1 N–H and O–H groups in total. The molecule has 1 aromatic carbocycles. The monoisotopic (exact) mass is 499 g/mol. The molecule has 156 valence electrons. The van der Waals surface area contributed by atoms with Crippen LogP contribution in [0.25, 0.3) is 6.08 Å². The second kappa shape index (κ2) is 12.4. The lowest BCUT2D eigenvalue weighted by atomic mass is 10.2. The van der Waals surface area contributed by atoms with E-state index in [1.807, 2.05) is 7.05 Å². The van der Waals surface area contributed by atoms with E-state index in [1.54, 1.807) is 0 Å². The van der Waals surface area contributed by atoms with Crippen molar-refractivity contribution in [2.75, 3.05) is 73.1 Å². The topological polar surface area (TPSA) is 43.3 Å². The SMILES string of the molecule is CN=C(NCC1CN(C)CCO1)N1CCN(C/C=C/c2ccccc2)CC1.I. The summed E-state index contributed by atoms with van der Waals surface area (Å²) in [5.41, 5.74) is 1.26. The number of nitrogens with zero attached hydrogens (tertiary/aromatic N) is 4. The largest absolute Gasteiger partial charge is 0.374 e. The van der Waals surface area contributed by atoms with Gasteiger partial charge >= 0.3 is 0 Å². The summed E-state index contributed by atoms with van der Waals surface area (Å²) in [5.74, 6) is 0.992. The van der Waals surface area contributed by atoms with E-state index < -0.39 is 0 Å². The Morgan fingerprint density at radius 2 is 1.93 bits per heavy atom. The molecule has 0 saturated carbocycles. The van der Waals surface area contributed by atoms with Gasteiger partial charge in [-0.15, -0.1) is 24.0 Å². The van der Waals surface area contributed by atoms with Gasteiger partial charge < -0.3 is 19.9 Å². The van der Waals surface area contributed by atoms with E-state index in [4.69, 9.17) is 4.74 Å². The highest BCUT2D eigenvalue weighted by molar-refractivity contribution is 14.0. The zero-order valence-corrected chi connectivity index (χ0v) is 19.4. The van der Waals surface area contributed by atoms with E-state index in [2.05, 4.69) is 74.5 Å². The summed E-state index contributed by atoms with van der Waals surface area (Å²) in [5, 5.41) is 3.50. The first-order valence-corrected chi connectivity index (χ1v) is 9.94. The number of benzene rings is 1. The molecular weight excluding hydrogens is 465 g/mol. The Hall–Kier alpha value is -1.16. The van der Waals surface area contributed by atoms with Gasteiger partial charge in [0.1, 0.15) is 0 Å². The van der Waals surface area contributed by atoms with Crippen LogP contribution in [-0.2, 0) is 4.74 Å². The third-order valence-corrected chi connectivity index (χ3v) is 5.19. The highest BCUT2D eigenvalue weighted by Gasteiger charge is 2.21. The zero-order valence-electron chi connectivity index (χ0n) is 17.1. The Balaban J connectivity index is 0.00000280. The molecule has 2 saturated heterocycles. The van der Waals surface area contributed by atoms with Gasteiger partial charge in [-0.1, -0.05) is 42.5 Å². The molecule has 7 heteroatoms. The molecule has 0 aliphatic carbocycles. The molecule has 28 heavy (non-hydrogen) atoms. The van der Waals surface area contributed by atoms with Gasteiger partial charge in [-0.05, 0) is 12.6 Å². The lowest BCUT2D eigenvalue weighted by molar-refractivity contribution is -0.0164. The molecular formula is C21H34IN5O. The molecule has 2 aliphatic heterocycles. The number of likely N-dealkylation sites (N-methyl/N-ethyl adjacent to an activating group) is 1. The molecule has 2 heterocycles. The average molecular weight is 499 g/mol. The first-order chi connectivity index (χ1) is 13.2. The second-order valence-corrected chi connectivity index (χ2v) is 7.28. The van der Waals surface area contributed by atoms with Gasteiger partial charge in [0.2, 0.25) is 0 Å². The normalized spacial score (nSPS) is 22.3. The van der Waals surface area contributed by atoms with Crippen LogP contribution in [0.4, 0.5) is 0 Å². The van der Waals surface area contributed by atoms with E-state index in [0.29, 0.717) is 0 Å². The minimum absolute atomic E-state index is 0. The van der Waals surface area contributed by atoms with Gasteiger partial charge in [0.05, 0.1) is 12.7 Å².